The molecule has 1 unspecified atom stereocenters. The summed E-state index contributed by atoms with van der Waals surface area (Å²) in [4.78, 5) is 14.3. The van der Waals surface area contributed by atoms with Crippen molar-refractivity contribution in [2.45, 2.75) is 38.6 Å². The van der Waals surface area contributed by atoms with Crippen molar-refractivity contribution in [2.75, 3.05) is 12.3 Å². The Kier molecular flexibility index (Phi) is 3.84. The zero-order chi connectivity index (χ0) is 13.1. The fourth-order valence-electron chi connectivity index (χ4n) is 2.54. The van der Waals surface area contributed by atoms with Crippen molar-refractivity contribution in [1.82, 2.24) is 4.90 Å². The van der Waals surface area contributed by atoms with Gasteiger partial charge in [-0.3, -0.25) is 4.79 Å². The topological polar surface area (TPSA) is 46.3 Å². The standard InChI is InChI=1S/C14H19FN2O/c1-2-11-5-3-4-8-17(11)14(18)10-6-7-12(15)13(16)9-10/h6-7,9,11H,2-5,8,16H2,1H3. The quantitative estimate of drug-likeness (QED) is 0.820. The molecular weight excluding hydrogens is 231 g/mol. The van der Waals surface area contributed by atoms with E-state index in [4.69, 9.17) is 5.73 Å². The second kappa shape index (κ2) is 5.38. The Balaban J connectivity index is 2.21. The van der Waals surface area contributed by atoms with Gasteiger partial charge in [0.25, 0.3) is 5.91 Å². The van der Waals surface area contributed by atoms with Crippen LogP contribution in [0.25, 0.3) is 0 Å². The van der Waals surface area contributed by atoms with Gasteiger partial charge in [-0.05, 0) is 43.9 Å². The van der Waals surface area contributed by atoms with Gasteiger partial charge in [-0.25, -0.2) is 4.39 Å². The largest absolute Gasteiger partial charge is 0.396 e. The second-order valence-electron chi connectivity index (χ2n) is 4.79. The SMILES string of the molecule is CCC1CCCCN1C(=O)c1ccc(F)c(N)c1. The Morgan fingerprint density at radius 1 is 1.50 bits per heavy atom. The number of nitrogens with two attached hydrogens (primary N) is 1. The molecular formula is C14H19FN2O. The Morgan fingerprint density at radius 2 is 2.28 bits per heavy atom. The zero-order valence-corrected chi connectivity index (χ0v) is 10.7. The lowest BCUT2D eigenvalue weighted by atomic mass is 9.99. The highest BCUT2D eigenvalue weighted by Gasteiger charge is 2.26. The summed E-state index contributed by atoms with van der Waals surface area (Å²) < 4.78 is 13.1. The molecule has 0 saturated carbocycles. The molecule has 1 aliphatic heterocycles. The number of hydrogen-bond acceptors (Lipinski definition) is 2. The van der Waals surface area contributed by atoms with E-state index in [1.807, 2.05) is 4.90 Å². The van der Waals surface area contributed by atoms with Crippen molar-refractivity contribution in [3.05, 3.63) is 29.6 Å². The first-order valence-corrected chi connectivity index (χ1v) is 6.49. The summed E-state index contributed by atoms with van der Waals surface area (Å²) in [7, 11) is 0. The third-order valence-corrected chi connectivity index (χ3v) is 3.60. The van der Waals surface area contributed by atoms with Crippen LogP contribution in [-0.4, -0.2) is 23.4 Å². The minimum atomic E-state index is -0.475. The van der Waals surface area contributed by atoms with Crippen LogP contribution in [0.4, 0.5) is 10.1 Å². The molecule has 0 bridgehead atoms. The van der Waals surface area contributed by atoms with Gasteiger partial charge in [-0.15, -0.1) is 0 Å². The summed E-state index contributed by atoms with van der Waals surface area (Å²) in [6.07, 6.45) is 4.23. The first kappa shape index (κ1) is 12.9. The van der Waals surface area contributed by atoms with Crippen LogP contribution in [0.3, 0.4) is 0 Å². The van der Waals surface area contributed by atoms with Crippen molar-refractivity contribution in [3.63, 3.8) is 0 Å². The van der Waals surface area contributed by atoms with Crippen molar-refractivity contribution < 1.29 is 9.18 Å². The number of amides is 1. The number of halogens is 1. The Labute approximate surface area is 107 Å². The number of hydrogen-bond donors (Lipinski definition) is 1. The van der Waals surface area contributed by atoms with E-state index >= 15 is 0 Å². The maximum absolute atomic E-state index is 13.1. The molecule has 2 N–H and O–H groups in total. The third-order valence-electron chi connectivity index (χ3n) is 3.60. The van der Waals surface area contributed by atoms with Crippen molar-refractivity contribution in [1.29, 1.82) is 0 Å². The van der Waals surface area contributed by atoms with E-state index in [-0.39, 0.29) is 11.6 Å². The summed E-state index contributed by atoms with van der Waals surface area (Å²) >= 11 is 0. The Morgan fingerprint density at radius 3 is 2.94 bits per heavy atom. The van der Waals surface area contributed by atoms with Crippen LogP contribution in [0.5, 0.6) is 0 Å². The molecule has 0 aliphatic carbocycles. The van der Waals surface area contributed by atoms with E-state index in [0.29, 0.717) is 11.6 Å². The van der Waals surface area contributed by atoms with Gasteiger partial charge >= 0.3 is 0 Å². The van der Waals surface area contributed by atoms with E-state index in [1.165, 1.54) is 24.6 Å². The van der Waals surface area contributed by atoms with Crippen molar-refractivity contribution in [2.24, 2.45) is 0 Å². The molecule has 2 rings (SSSR count). The Bertz CT molecular complexity index is 447. The molecule has 0 aromatic heterocycles. The molecule has 18 heavy (non-hydrogen) atoms. The van der Waals surface area contributed by atoms with Crippen molar-refractivity contribution >= 4 is 11.6 Å². The number of likely N-dealkylation sites (tertiary alicyclic amines) is 1. The van der Waals surface area contributed by atoms with Crippen LogP contribution in [0.2, 0.25) is 0 Å². The second-order valence-corrected chi connectivity index (χ2v) is 4.79. The minimum absolute atomic E-state index is 0.0332. The van der Waals surface area contributed by atoms with E-state index in [0.717, 1.165) is 25.8 Å². The summed E-state index contributed by atoms with van der Waals surface area (Å²) in [6, 6.07) is 4.50. The van der Waals surface area contributed by atoms with Crippen LogP contribution in [0.15, 0.2) is 18.2 Å². The van der Waals surface area contributed by atoms with E-state index in [1.54, 1.807) is 0 Å². The summed E-state index contributed by atoms with van der Waals surface area (Å²) in [5, 5.41) is 0. The number of piperidine rings is 1. The number of nitrogen functional groups attached to an aromatic ring is 1. The predicted octanol–water partition coefficient (Wildman–Crippen LogP) is 2.81. The number of nitrogens with zero attached hydrogens (tertiary/aromatic N) is 1. The highest BCUT2D eigenvalue weighted by molar-refractivity contribution is 5.95. The average molecular weight is 250 g/mol. The maximum atomic E-state index is 13.1. The minimum Gasteiger partial charge on any atom is -0.396 e. The maximum Gasteiger partial charge on any atom is 0.254 e. The number of carbonyl (C=O) groups excluding carboxylic acids is 1. The molecule has 1 fully saturated rings. The fourth-order valence-corrected chi connectivity index (χ4v) is 2.54. The van der Waals surface area contributed by atoms with Crippen LogP contribution >= 0.6 is 0 Å². The molecule has 1 heterocycles. The van der Waals surface area contributed by atoms with Gasteiger partial charge in [0.2, 0.25) is 0 Å². The molecule has 1 saturated heterocycles. The van der Waals surface area contributed by atoms with Crippen LogP contribution < -0.4 is 5.73 Å². The number of anilines is 1. The first-order valence-electron chi connectivity index (χ1n) is 6.49. The van der Waals surface area contributed by atoms with E-state index in [9.17, 15) is 9.18 Å². The van der Waals surface area contributed by atoms with Gasteiger partial charge in [0.05, 0.1) is 5.69 Å². The van der Waals surface area contributed by atoms with E-state index in [2.05, 4.69) is 6.92 Å². The molecule has 98 valence electrons. The summed E-state index contributed by atoms with van der Waals surface area (Å²) in [6.45, 7) is 2.88. The van der Waals surface area contributed by atoms with Gasteiger partial charge < -0.3 is 10.6 Å². The van der Waals surface area contributed by atoms with Gasteiger partial charge in [0, 0.05) is 18.2 Å². The predicted molar refractivity (Wildman–Crippen MR) is 69.8 cm³/mol. The fraction of sp³-hybridized carbons (Fsp3) is 0.500. The third kappa shape index (κ3) is 2.47. The highest BCUT2D eigenvalue weighted by atomic mass is 19.1. The zero-order valence-electron chi connectivity index (χ0n) is 10.7. The van der Waals surface area contributed by atoms with Crippen LogP contribution in [0.1, 0.15) is 43.0 Å². The molecule has 3 nitrogen and oxygen atoms in total. The molecule has 1 aliphatic rings. The number of benzene rings is 1. The highest BCUT2D eigenvalue weighted by Crippen LogP contribution is 2.23. The summed E-state index contributed by atoms with van der Waals surface area (Å²) in [5.74, 6) is -0.509. The van der Waals surface area contributed by atoms with Gasteiger partial charge in [-0.1, -0.05) is 6.92 Å². The normalized spacial score (nSPS) is 19.9. The molecule has 0 spiro atoms. The molecule has 0 radical (unpaired) electrons. The Hall–Kier alpha value is -1.58. The van der Waals surface area contributed by atoms with Gasteiger partial charge in [0.15, 0.2) is 0 Å². The molecule has 1 amide bonds. The lowest BCUT2D eigenvalue weighted by Crippen LogP contribution is -2.43. The smallest absolute Gasteiger partial charge is 0.254 e. The van der Waals surface area contributed by atoms with E-state index < -0.39 is 5.82 Å². The van der Waals surface area contributed by atoms with Gasteiger partial charge in [0.1, 0.15) is 5.82 Å². The average Bonchev–Trinajstić information content (AvgIpc) is 2.41. The van der Waals surface area contributed by atoms with Gasteiger partial charge in [-0.2, -0.15) is 0 Å². The first-order chi connectivity index (χ1) is 8.63. The molecule has 4 heteroatoms. The lowest BCUT2D eigenvalue weighted by molar-refractivity contribution is 0.0608. The van der Waals surface area contributed by atoms with Crippen LogP contribution in [0, 0.1) is 5.82 Å². The molecule has 1 aromatic carbocycles. The number of rotatable bonds is 2. The monoisotopic (exact) mass is 250 g/mol. The summed E-state index contributed by atoms with van der Waals surface area (Å²) in [5.41, 5.74) is 6.02. The van der Waals surface area contributed by atoms with Crippen LogP contribution in [-0.2, 0) is 0 Å². The lowest BCUT2D eigenvalue weighted by Gasteiger charge is -2.35. The molecule has 1 aromatic rings. The molecule has 1 atom stereocenters. The van der Waals surface area contributed by atoms with Crippen molar-refractivity contribution in [3.8, 4) is 0 Å². The number of carbonyl (C=O) groups is 1.